The minimum atomic E-state index is -0.518. The van der Waals surface area contributed by atoms with Crippen LogP contribution >= 0.6 is 11.6 Å². The molecule has 0 spiro atoms. The van der Waals surface area contributed by atoms with Crippen molar-refractivity contribution in [2.24, 2.45) is 0 Å². The molecular formula is C13H15ClFN3. The molecule has 18 heavy (non-hydrogen) atoms. The van der Waals surface area contributed by atoms with E-state index in [0.29, 0.717) is 11.4 Å². The monoisotopic (exact) mass is 267 g/mol. The van der Waals surface area contributed by atoms with E-state index in [1.807, 2.05) is 13.8 Å². The zero-order valence-electron chi connectivity index (χ0n) is 10.6. The smallest absolute Gasteiger partial charge is 0.143 e. The number of benzene rings is 1. The molecule has 2 N–H and O–H groups in total. The number of rotatable bonds is 2. The molecule has 0 saturated heterocycles. The Hall–Kier alpha value is -1.55. The standard InChI is InChI=1S/C13H15ClFN3/c1-4-9-7(2)17-18(8(9)3)13-5-10(14)11(15)6-12(13)16/h5-6H,4,16H2,1-3H3. The van der Waals surface area contributed by atoms with Crippen molar-refractivity contribution in [2.45, 2.75) is 27.2 Å². The van der Waals surface area contributed by atoms with Gasteiger partial charge in [0.25, 0.3) is 0 Å². The van der Waals surface area contributed by atoms with Gasteiger partial charge in [0.05, 0.1) is 22.1 Å². The first kappa shape index (κ1) is 12.9. The molecule has 0 unspecified atom stereocenters. The highest BCUT2D eigenvalue weighted by atomic mass is 35.5. The molecule has 3 nitrogen and oxygen atoms in total. The van der Waals surface area contributed by atoms with Crippen LogP contribution in [0.2, 0.25) is 5.02 Å². The fourth-order valence-corrected chi connectivity index (χ4v) is 2.31. The molecule has 96 valence electrons. The highest BCUT2D eigenvalue weighted by Crippen LogP contribution is 2.27. The van der Waals surface area contributed by atoms with Crippen molar-refractivity contribution >= 4 is 17.3 Å². The van der Waals surface area contributed by atoms with Crippen LogP contribution in [0.25, 0.3) is 5.69 Å². The summed E-state index contributed by atoms with van der Waals surface area (Å²) in [6.45, 7) is 5.99. The summed E-state index contributed by atoms with van der Waals surface area (Å²) >= 11 is 5.80. The van der Waals surface area contributed by atoms with Crippen LogP contribution in [0.5, 0.6) is 0 Å². The highest BCUT2D eigenvalue weighted by molar-refractivity contribution is 6.31. The molecule has 0 radical (unpaired) electrons. The molecule has 2 aromatic rings. The average molecular weight is 268 g/mol. The van der Waals surface area contributed by atoms with E-state index in [4.69, 9.17) is 17.3 Å². The lowest BCUT2D eigenvalue weighted by Crippen LogP contribution is -2.04. The van der Waals surface area contributed by atoms with Gasteiger partial charge in [-0.25, -0.2) is 9.07 Å². The average Bonchev–Trinajstić information content (AvgIpc) is 2.59. The molecule has 0 saturated carbocycles. The molecule has 0 bridgehead atoms. The number of halogens is 2. The molecular weight excluding hydrogens is 253 g/mol. The number of aromatic nitrogens is 2. The third kappa shape index (κ3) is 1.97. The Bertz CT molecular complexity index is 605. The maximum absolute atomic E-state index is 13.3. The van der Waals surface area contributed by atoms with Gasteiger partial charge in [-0.15, -0.1) is 0 Å². The molecule has 1 aromatic heterocycles. The van der Waals surface area contributed by atoms with E-state index in [-0.39, 0.29) is 5.02 Å². The highest BCUT2D eigenvalue weighted by Gasteiger charge is 2.14. The Morgan fingerprint density at radius 3 is 2.61 bits per heavy atom. The summed E-state index contributed by atoms with van der Waals surface area (Å²) in [6.07, 6.45) is 0.895. The quantitative estimate of drug-likeness (QED) is 0.847. The van der Waals surface area contributed by atoms with Crippen molar-refractivity contribution in [1.29, 1.82) is 0 Å². The number of anilines is 1. The molecule has 0 aliphatic rings. The molecule has 0 aliphatic carbocycles. The summed E-state index contributed by atoms with van der Waals surface area (Å²) in [5.74, 6) is -0.518. The van der Waals surface area contributed by atoms with E-state index in [1.165, 1.54) is 17.7 Å². The van der Waals surface area contributed by atoms with Crippen molar-refractivity contribution in [3.8, 4) is 5.69 Å². The zero-order valence-corrected chi connectivity index (χ0v) is 11.3. The second-order valence-corrected chi connectivity index (χ2v) is 4.65. The van der Waals surface area contributed by atoms with Gasteiger partial charge in [-0.2, -0.15) is 5.10 Å². The topological polar surface area (TPSA) is 43.8 Å². The lowest BCUT2D eigenvalue weighted by Gasteiger charge is -2.09. The van der Waals surface area contributed by atoms with E-state index >= 15 is 0 Å². The fraction of sp³-hybridized carbons (Fsp3) is 0.308. The summed E-state index contributed by atoms with van der Waals surface area (Å²) in [5.41, 5.74) is 9.90. The van der Waals surface area contributed by atoms with Gasteiger partial charge in [-0.05, 0) is 31.9 Å². The summed E-state index contributed by atoms with van der Waals surface area (Å²) in [7, 11) is 0. The molecule has 5 heteroatoms. The van der Waals surface area contributed by atoms with Crippen LogP contribution < -0.4 is 5.73 Å². The van der Waals surface area contributed by atoms with E-state index < -0.39 is 5.82 Å². The van der Waals surface area contributed by atoms with Gasteiger partial charge >= 0.3 is 0 Å². The van der Waals surface area contributed by atoms with Crippen molar-refractivity contribution in [1.82, 2.24) is 9.78 Å². The summed E-state index contributed by atoms with van der Waals surface area (Å²) in [5, 5.41) is 4.48. The molecule has 1 heterocycles. The third-order valence-corrected chi connectivity index (χ3v) is 3.38. The minimum Gasteiger partial charge on any atom is -0.397 e. The van der Waals surface area contributed by atoms with E-state index in [9.17, 15) is 4.39 Å². The van der Waals surface area contributed by atoms with Gasteiger partial charge in [0.2, 0.25) is 0 Å². The van der Waals surface area contributed by atoms with Gasteiger partial charge in [0.1, 0.15) is 5.82 Å². The summed E-state index contributed by atoms with van der Waals surface area (Å²) in [6, 6.07) is 2.73. The predicted molar refractivity (Wildman–Crippen MR) is 71.8 cm³/mol. The van der Waals surface area contributed by atoms with E-state index in [2.05, 4.69) is 12.0 Å². The predicted octanol–water partition coefficient (Wildman–Crippen LogP) is 3.43. The second kappa shape index (κ2) is 4.61. The van der Waals surface area contributed by atoms with Crippen LogP contribution in [-0.4, -0.2) is 9.78 Å². The van der Waals surface area contributed by atoms with Gasteiger partial charge in [0.15, 0.2) is 0 Å². The molecule has 0 atom stereocenters. The van der Waals surface area contributed by atoms with Gasteiger partial charge in [0, 0.05) is 11.8 Å². The Labute approximate surface area is 110 Å². The molecule has 1 aromatic carbocycles. The Morgan fingerprint density at radius 2 is 2.06 bits per heavy atom. The number of nitrogens with zero attached hydrogens (tertiary/aromatic N) is 2. The minimum absolute atomic E-state index is 0.0461. The first-order valence-corrected chi connectivity index (χ1v) is 6.13. The molecule has 0 aliphatic heterocycles. The Balaban J connectivity index is 2.66. The van der Waals surface area contributed by atoms with Crippen LogP contribution in [0.3, 0.4) is 0 Å². The number of nitrogens with two attached hydrogens (primary N) is 1. The summed E-state index contributed by atoms with van der Waals surface area (Å²) < 4.78 is 15.0. The zero-order chi connectivity index (χ0) is 13.4. The van der Waals surface area contributed by atoms with E-state index in [1.54, 1.807) is 4.68 Å². The lowest BCUT2D eigenvalue weighted by atomic mass is 10.1. The first-order chi connectivity index (χ1) is 8.45. The van der Waals surface area contributed by atoms with Gasteiger partial charge in [-0.1, -0.05) is 18.5 Å². The van der Waals surface area contributed by atoms with Gasteiger partial charge in [-0.3, -0.25) is 0 Å². The van der Waals surface area contributed by atoms with Crippen molar-refractivity contribution in [2.75, 3.05) is 5.73 Å². The summed E-state index contributed by atoms with van der Waals surface area (Å²) in [4.78, 5) is 0. The van der Waals surface area contributed by atoms with Crippen LogP contribution in [0, 0.1) is 19.7 Å². The second-order valence-electron chi connectivity index (χ2n) is 4.24. The normalized spacial score (nSPS) is 10.9. The molecule has 0 amide bonds. The van der Waals surface area contributed by atoms with Crippen molar-refractivity contribution in [3.05, 3.63) is 39.9 Å². The Morgan fingerprint density at radius 1 is 1.39 bits per heavy atom. The Kier molecular flexibility index (Phi) is 3.30. The number of aryl methyl sites for hydroxylation is 1. The molecule has 2 rings (SSSR count). The fourth-order valence-electron chi connectivity index (χ4n) is 2.16. The SMILES string of the molecule is CCc1c(C)nn(-c2cc(Cl)c(F)cc2N)c1C. The van der Waals surface area contributed by atoms with Crippen LogP contribution in [0.1, 0.15) is 23.9 Å². The maximum Gasteiger partial charge on any atom is 0.143 e. The van der Waals surface area contributed by atoms with Crippen LogP contribution in [0.4, 0.5) is 10.1 Å². The van der Waals surface area contributed by atoms with E-state index in [0.717, 1.165) is 17.8 Å². The number of hydrogen-bond acceptors (Lipinski definition) is 2. The lowest BCUT2D eigenvalue weighted by molar-refractivity contribution is 0.628. The van der Waals surface area contributed by atoms with Crippen molar-refractivity contribution in [3.63, 3.8) is 0 Å². The van der Waals surface area contributed by atoms with Crippen LogP contribution in [-0.2, 0) is 6.42 Å². The van der Waals surface area contributed by atoms with Gasteiger partial charge < -0.3 is 5.73 Å². The number of hydrogen-bond donors (Lipinski definition) is 1. The first-order valence-electron chi connectivity index (χ1n) is 5.75. The van der Waals surface area contributed by atoms with Crippen LogP contribution in [0.15, 0.2) is 12.1 Å². The largest absolute Gasteiger partial charge is 0.397 e. The maximum atomic E-state index is 13.3. The number of nitrogen functional groups attached to an aromatic ring is 1. The third-order valence-electron chi connectivity index (χ3n) is 3.09. The van der Waals surface area contributed by atoms with Crippen molar-refractivity contribution < 1.29 is 4.39 Å². The molecule has 0 fully saturated rings.